The van der Waals surface area contributed by atoms with Gasteiger partial charge in [-0.25, -0.2) is 0 Å². The van der Waals surface area contributed by atoms with Gasteiger partial charge in [0.2, 0.25) is 0 Å². The van der Waals surface area contributed by atoms with Gasteiger partial charge in [0.05, 0.1) is 0 Å². The number of anilines is 2. The zero-order chi connectivity index (χ0) is 29.5. The minimum atomic E-state index is 0. The molecule has 6 heteroatoms. The number of para-hydroxylation sites is 1. The summed E-state index contributed by atoms with van der Waals surface area (Å²) in [6.45, 7) is 20.2. The molecule has 41 heavy (non-hydrogen) atoms. The molecule has 0 amide bonds. The number of nitrogens with zero attached hydrogens (tertiary/aromatic N) is 4. The van der Waals surface area contributed by atoms with Crippen molar-refractivity contribution in [1.82, 2.24) is 9.97 Å². The monoisotopic (exact) mass is 664 g/mol. The molecule has 0 bridgehead atoms. The van der Waals surface area contributed by atoms with Gasteiger partial charge < -0.3 is 9.80 Å². The van der Waals surface area contributed by atoms with Crippen LogP contribution in [0, 0.1) is 27.4 Å². The first-order valence-electron chi connectivity index (χ1n) is 13.7. The second kappa shape index (κ2) is 19.4. The number of rotatable bonds is 4. The van der Waals surface area contributed by atoms with Crippen LogP contribution in [0.4, 0.5) is 11.4 Å². The van der Waals surface area contributed by atoms with E-state index in [1.54, 1.807) is 24.8 Å². The third kappa shape index (κ3) is 11.2. The minimum Gasteiger partial charge on any atom is -0.265 e. The first-order valence-corrected chi connectivity index (χ1v) is 15.7. The molecule has 0 N–H and O–H groups in total. The van der Waals surface area contributed by atoms with Crippen LogP contribution in [0.25, 0.3) is 0 Å². The summed E-state index contributed by atoms with van der Waals surface area (Å²) in [5.74, 6) is 1.04. The van der Waals surface area contributed by atoms with E-state index < -0.39 is 0 Å². The average molecular weight is 666 g/mol. The van der Waals surface area contributed by atoms with Gasteiger partial charge in [-0.3, -0.25) is 9.97 Å². The van der Waals surface area contributed by atoms with Crippen molar-refractivity contribution in [3.8, 4) is 0 Å². The minimum absolute atomic E-state index is 0. The molecule has 0 unspecified atom stereocenters. The summed E-state index contributed by atoms with van der Waals surface area (Å²) in [6.07, 6.45) is 7.00. The number of aromatic nitrogens is 2. The number of hydrogen-bond donors (Lipinski definition) is 0. The van der Waals surface area contributed by atoms with E-state index in [2.05, 4.69) is 133 Å². The van der Waals surface area contributed by atoms with Crippen LogP contribution in [0.15, 0.2) is 91.5 Å². The molecule has 0 spiro atoms. The average Bonchev–Trinajstić information content (AvgIpc) is 3.45. The summed E-state index contributed by atoms with van der Waals surface area (Å²) in [6, 6.07) is 22.8. The Morgan fingerprint density at radius 2 is 1.05 bits per heavy atom. The summed E-state index contributed by atoms with van der Waals surface area (Å²) in [4.78, 5) is 12.5. The molecule has 2 aromatic heterocycles. The van der Waals surface area contributed by atoms with E-state index in [0.29, 0.717) is 11.8 Å². The van der Waals surface area contributed by atoms with Crippen molar-refractivity contribution in [3.63, 3.8) is 0 Å². The van der Waals surface area contributed by atoms with E-state index in [-0.39, 0.29) is 7.43 Å². The third-order valence-corrected chi connectivity index (χ3v) is 6.55. The van der Waals surface area contributed by atoms with Crippen LogP contribution in [0.3, 0.4) is 0 Å². The van der Waals surface area contributed by atoms with E-state index in [1.807, 2.05) is 36.4 Å². The van der Waals surface area contributed by atoms with E-state index in [4.69, 9.17) is 0 Å². The molecular formula is C35H47ClN4Pd. The second-order valence-electron chi connectivity index (χ2n) is 10.4. The molecule has 0 aliphatic carbocycles. The van der Waals surface area contributed by atoms with Crippen LogP contribution >= 0.6 is 9.53 Å². The molecule has 4 nitrogen and oxygen atoms in total. The van der Waals surface area contributed by atoms with Crippen LogP contribution in [0.5, 0.6) is 0 Å². The van der Waals surface area contributed by atoms with Gasteiger partial charge in [-0.05, 0) is 79.1 Å². The Labute approximate surface area is 264 Å². The second-order valence-corrected chi connectivity index (χ2v) is 10.4. The van der Waals surface area contributed by atoms with Crippen molar-refractivity contribution in [2.24, 2.45) is 0 Å². The predicted octanol–water partition coefficient (Wildman–Crippen LogP) is 9.79. The van der Waals surface area contributed by atoms with Crippen LogP contribution in [-0.4, -0.2) is 23.1 Å². The van der Waals surface area contributed by atoms with E-state index in [9.17, 15) is 0 Å². The van der Waals surface area contributed by atoms with Crippen LogP contribution in [0.1, 0.15) is 74.8 Å². The first kappa shape index (κ1) is 36.3. The Kier molecular flexibility index (Phi) is 17.2. The fourth-order valence-electron chi connectivity index (χ4n) is 4.93. The Bertz CT molecular complexity index is 1120. The van der Waals surface area contributed by atoms with Crippen molar-refractivity contribution < 1.29 is 18.2 Å². The summed E-state index contributed by atoms with van der Waals surface area (Å²) in [5, 5.41) is 0. The zero-order valence-corrected chi connectivity index (χ0v) is 27.1. The summed E-state index contributed by atoms with van der Waals surface area (Å²) < 4.78 is 0. The summed E-state index contributed by atoms with van der Waals surface area (Å²) in [7, 11) is 4.49. The number of benzene rings is 2. The summed E-state index contributed by atoms with van der Waals surface area (Å²) in [5.41, 5.74) is 9.75. The quantitative estimate of drug-likeness (QED) is 0.161. The van der Waals surface area contributed by atoms with Gasteiger partial charge in [-0.2, -0.15) is 6.67 Å². The van der Waals surface area contributed by atoms with E-state index >= 15 is 0 Å². The Morgan fingerprint density at radius 3 is 1.37 bits per heavy atom. The fraction of sp³-hybridized carbons (Fsp3) is 0.343. The maximum atomic E-state index is 4.49. The molecule has 1 aliphatic rings. The fourth-order valence-corrected chi connectivity index (χ4v) is 4.93. The molecule has 224 valence electrons. The van der Waals surface area contributed by atoms with Gasteiger partial charge in [0.15, 0.2) is 0 Å². The topological polar surface area (TPSA) is 32.3 Å². The van der Waals surface area contributed by atoms with Gasteiger partial charge in [-0.15, -0.1) is 0 Å². The van der Waals surface area contributed by atoms with Gasteiger partial charge in [0.25, 0.3) is 0 Å². The molecule has 0 radical (unpaired) electrons. The molecule has 5 rings (SSSR count). The van der Waals surface area contributed by atoms with Crippen LogP contribution < -0.4 is 9.80 Å². The normalized spacial score (nSPS) is 11.9. The van der Waals surface area contributed by atoms with Gasteiger partial charge in [0.1, 0.15) is 0 Å². The van der Waals surface area contributed by atoms with Crippen molar-refractivity contribution in [2.75, 3.05) is 22.9 Å². The number of pyridine rings is 2. The Morgan fingerprint density at radius 1 is 0.659 bits per heavy atom. The van der Waals surface area contributed by atoms with Gasteiger partial charge in [-0.1, -0.05) is 83.1 Å². The number of halogens is 1. The largest absolute Gasteiger partial charge is 0.265 e. The first-order chi connectivity index (χ1) is 19.3. The van der Waals surface area contributed by atoms with Crippen LogP contribution in [0.2, 0.25) is 0 Å². The maximum absolute atomic E-state index is 4.49. The smallest absolute Gasteiger partial charge is 0.0267 e. The van der Waals surface area contributed by atoms with Crippen LogP contribution in [-0.2, 0) is 18.2 Å². The maximum Gasteiger partial charge on any atom is 0.0267 e. The van der Waals surface area contributed by atoms with Crippen molar-refractivity contribution in [1.29, 1.82) is 0 Å². The number of hydrogen-bond acceptors (Lipinski definition) is 4. The standard InChI is InChI=1S/C24H33N2.2C5H5N.CH4.ClH.Pd/c1-16(2)21-9-8-10-22(17(3)4)24(21)26-12-11-25(15-26)23-19(6)13-18(5)14-20(23)7;2*1-2-4-6-5-3-1;;;/h8-10,13-17H,11-12H2,1-7H3;2*1-5H;1H4;1H;/q-1;;;;;+2/p-1. The molecule has 3 heterocycles. The molecular weight excluding hydrogens is 618 g/mol. The SMILES string of the molecule is C.Cc1cc(C)c(N2[CH-]N(c3c(C(C)C)cccc3C(C)C)CC2)c(C)c1.[Cl][Pd+].c1ccncc1.c1ccncc1. The van der Waals surface area contributed by atoms with Crippen molar-refractivity contribution >= 4 is 20.9 Å². The third-order valence-electron chi connectivity index (χ3n) is 6.55. The molecule has 1 saturated heterocycles. The molecule has 0 saturated carbocycles. The molecule has 2 aromatic carbocycles. The van der Waals surface area contributed by atoms with E-state index in [0.717, 1.165) is 13.1 Å². The Hall–Kier alpha value is -2.71. The zero-order valence-electron chi connectivity index (χ0n) is 24.8. The van der Waals surface area contributed by atoms with Crippen molar-refractivity contribution in [3.05, 3.63) is 126 Å². The van der Waals surface area contributed by atoms with Gasteiger partial charge >= 0.3 is 27.7 Å². The van der Waals surface area contributed by atoms with Gasteiger partial charge in [0, 0.05) is 49.3 Å². The molecule has 4 aromatic rings. The van der Waals surface area contributed by atoms with E-state index in [1.165, 1.54) is 39.2 Å². The predicted molar refractivity (Wildman–Crippen MR) is 175 cm³/mol. The molecule has 1 fully saturated rings. The molecule has 1 aliphatic heterocycles. The summed E-state index contributed by atoms with van der Waals surface area (Å²) >= 11 is 2.22. The molecule has 0 atom stereocenters. The van der Waals surface area contributed by atoms with Crippen molar-refractivity contribution in [2.45, 2.75) is 67.7 Å². The number of aryl methyl sites for hydroxylation is 3. The Balaban J connectivity index is 0.000000458.